The molecular formula is C15H17NOS. The SMILES string of the molecule is COc1ccccc1Sc1ccc(C(C)N)cc1. The van der Waals surface area contributed by atoms with Crippen LogP contribution >= 0.6 is 11.8 Å². The molecule has 0 heterocycles. The van der Waals surface area contributed by atoms with Gasteiger partial charge in [0.15, 0.2) is 0 Å². The summed E-state index contributed by atoms with van der Waals surface area (Å²) in [5, 5.41) is 0. The van der Waals surface area contributed by atoms with Crippen molar-refractivity contribution in [3.63, 3.8) is 0 Å². The topological polar surface area (TPSA) is 35.2 Å². The Morgan fingerprint density at radius 2 is 1.72 bits per heavy atom. The van der Waals surface area contributed by atoms with Gasteiger partial charge >= 0.3 is 0 Å². The molecule has 2 aromatic carbocycles. The minimum absolute atomic E-state index is 0.0790. The van der Waals surface area contributed by atoms with Crippen LogP contribution in [0, 0.1) is 0 Å². The third kappa shape index (κ3) is 3.06. The first-order valence-corrected chi connectivity index (χ1v) is 6.69. The Kier molecular flexibility index (Phi) is 4.28. The van der Waals surface area contributed by atoms with Crippen molar-refractivity contribution in [2.45, 2.75) is 22.8 Å². The van der Waals surface area contributed by atoms with Gasteiger partial charge in [0.25, 0.3) is 0 Å². The first-order valence-electron chi connectivity index (χ1n) is 5.87. The van der Waals surface area contributed by atoms with Gasteiger partial charge in [0.2, 0.25) is 0 Å². The van der Waals surface area contributed by atoms with E-state index >= 15 is 0 Å². The van der Waals surface area contributed by atoms with Gasteiger partial charge in [-0.15, -0.1) is 0 Å². The van der Waals surface area contributed by atoms with E-state index in [0.717, 1.165) is 16.2 Å². The van der Waals surface area contributed by atoms with Crippen molar-refractivity contribution in [2.75, 3.05) is 7.11 Å². The molecule has 1 atom stereocenters. The number of ether oxygens (including phenoxy) is 1. The van der Waals surface area contributed by atoms with Gasteiger partial charge in [-0.2, -0.15) is 0 Å². The van der Waals surface area contributed by atoms with Crippen molar-refractivity contribution in [1.82, 2.24) is 0 Å². The smallest absolute Gasteiger partial charge is 0.132 e. The minimum atomic E-state index is 0.0790. The molecule has 18 heavy (non-hydrogen) atoms. The van der Waals surface area contributed by atoms with E-state index in [1.807, 2.05) is 25.1 Å². The summed E-state index contributed by atoms with van der Waals surface area (Å²) in [7, 11) is 1.69. The molecule has 2 nitrogen and oxygen atoms in total. The number of rotatable bonds is 4. The number of hydrogen-bond acceptors (Lipinski definition) is 3. The molecule has 2 aromatic rings. The molecule has 0 aliphatic rings. The van der Waals surface area contributed by atoms with Gasteiger partial charge in [0, 0.05) is 10.9 Å². The summed E-state index contributed by atoms with van der Waals surface area (Å²) in [5.74, 6) is 0.902. The Morgan fingerprint density at radius 1 is 1.06 bits per heavy atom. The van der Waals surface area contributed by atoms with Crippen LogP contribution in [0.15, 0.2) is 58.3 Å². The van der Waals surface area contributed by atoms with Crippen molar-refractivity contribution < 1.29 is 4.74 Å². The van der Waals surface area contributed by atoms with Gasteiger partial charge in [-0.1, -0.05) is 36.0 Å². The van der Waals surface area contributed by atoms with E-state index in [2.05, 4.69) is 30.3 Å². The lowest BCUT2D eigenvalue weighted by molar-refractivity contribution is 0.405. The fourth-order valence-electron chi connectivity index (χ4n) is 1.67. The van der Waals surface area contributed by atoms with Crippen molar-refractivity contribution in [1.29, 1.82) is 0 Å². The molecule has 0 aliphatic heterocycles. The normalized spacial score (nSPS) is 12.2. The molecule has 2 N–H and O–H groups in total. The van der Waals surface area contributed by atoms with Crippen molar-refractivity contribution in [2.24, 2.45) is 5.73 Å². The number of hydrogen-bond donors (Lipinski definition) is 1. The predicted octanol–water partition coefficient (Wildman–Crippen LogP) is 3.87. The van der Waals surface area contributed by atoms with E-state index in [1.54, 1.807) is 18.9 Å². The van der Waals surface area contributed by atoms with Crippen LogP contribution in [0.3, 0.4) is 0 Å². The molecule has 0 aliphatic carbocycles. The largest absolute Gasteiger partial charge is 0.496 e. The number of methoxy groups -OCH3 is 1. The molecule has 0 fully saturated rings. The van der Waals surface area contributed by atoms with Crippen LogP contribution in [0.2, 0.25) is 0 Å². The zero-order valence-corrected chi connectivity index (χ0v) is 11.4. The standard InChI is InChI=1S/C15H17NOS/c1-11(16)12-7-9-13(10-8-12)18-15-6-4-3-5-14(15)17-2/h3-11H,16H2,1-2H3. The Morgan fingerprint density at radius 3 is 2.33 bits per heavy atom. The van der Waals surface area contributed by atoms with Crippen LogP contribution in [0.4, 0.5) is 0 Å². The maximum Gasteiger partial charge on any atom is 0.132 e. The monoisotopic (exact) mass is 259 g/mol. The lowest BCUT2D eigenvalue weighted by atomic mass is 10.1. The molecular weight excluding hydrogens is 242 g/mol. The fourth-order valence-corrected chi connectivity index (χ4v) is 2.59. The highest BCUT2D eigenvalue weighted by Gasteiger charge is 2.04. The van der Waals surface area contributed by atoms with Crippen LogP contribution in [0.25, 0.3) is 0 Å². The maximum atomic E-state index is 5.84. The number of benzene rings is 2. The molecule has 1 unspecified atom stereocenters. The second-order valence-corrected chi connectivity index (χ2v) is 5.23. The van der Waals surface area contributed by atoms with Gasteiger partial charge in [-0.3, -0.25) is 0 Å². The van der Waals surface area contributed by atoms with E-state index in [-0.39, 0.29) is 6.04 Å². The maximum absolute atomic E-state index is 5.84. The lowest BCUT2D eigenvalue weighted by Gasteiger charge is -2.09. The Balaban J connectivity index is 2.18. The highest BCUT2D eigenvalue weighted by molar-refractivity contribution is 7.99. The minimum Gasteiger partial charge on any atom is -0.496 e. The molecule has 0 saturated carbocycles. The highest BCUT2D eigenvalue weighted by Crippen LogP contribution is 2.34. The summed E-state index contributed by atoms with van der Waals surface area (Å²) in [6, 6.07) is 16.4. The molecule has 0 spiro atoms. The van der Waals surface area contributed by atoms with Crippen molar-refractivity contribution in [3.05, 3.63) is 54.1 Å². The molecule has 0 amide bonds. The molecule has 2 rings (SSSR count). The summed E-state index contributed by atoms with van der Waals surface area (Å²) in [4.78, 5) is 2.30. The lowest BCUT2D eigenvalue weighted by Crippen LogP contribution is -2.04. The Labute approximate surface area is 112 Å². The zero-order valence-electron chi connectivity index (χ0n) is 10.6. The average Bonchev–Trinajstić information content (AvgIpc) is 2.40. The predicted molar refractivity (Wildman–Crippen MR) is 76.2 cm³/mol. The summed E-state index contributed by atoms with van der Waals surface area (Å²) < 4.78 is 5.34. The van der Waals surface area contributed by atoms with E-state index in [0.29, 0.717) is 0 Å². The number of nitrogens with two attached hydrogens (primary N) is 1. The fraction of sp³-hybridized carbons (Fsp3) is 0.200. The van der Waals surface area contributed by atoms with Gasteiger partial charge in [-0.05, 0) is 36.8 Å². The van der Waals surface area contributed by atoms with E-state index in [9.17, 15) is 0 Å². The van der Waals surface area contributed by atoms with E-state index in [4.69, 9.17) is 10.5 Å². The van der Waals surface area contributed by atoms with Crippen LogP contribution in [0.1, 0.15) is 18.5 Å². The molecule has 3 heteroatoms. The van der Waals surface area contributed by atoms with Crippen molar-refractivity contribution >= 4 is 11.8 Å². The van der Waals surface area contributed by atoms with Gasteiger partial charge in [0.05, 0.1) is 12.0 Å². The summed E-state index contributed by atoms with van der Waals surface area (Å²) in [6.45, 7) is 1.99. The Bertz CT molecular complexity index is 508. The summed E-state index contributed by atoms with van der Waals surface area (Å²) >= 11 is 1.69. The number of para-hydroxylation sites is 1. The zero-order chi connectivity index (χ0) is 13.0. The Hall–Kier alpha value is -1.45. The molecule has 0 radical (unpaired) electrons. The molecule has 94 valence electrons. The van der Waals surface area contributed by atoms with Crippen LogP contribution < -0.4 is 10.5 Å². The highest BCUT2D eigenvalue weighted by atomic mass is 32.2. The van der Waals surface area contributed by atoms with E-state index in [1.165, 1.54) is 4.90 Å². The second-order valence-electron chi connectivity index (χ2n) is 4.11. The molecule has 0 saturated heterocycles. The first kappa shape index (κ1) is 13.0. The third-order valence-electron chi connectivity index (χ3n) is 2.70. The van der Waals surface area contributed by atoms with Gasteiger partial charge < -0.3 is 10.5 Å². The first-order chi connectivity index (χ1) is 8.70. The molecule has 0 aromatic heterocycles. The second kappa shape index (κ2) is 5.94. The summed E-state index contributed by atoms with van der Waals surface area (Å²) in [6.07, 6.45) is 0. The summed E-state index contributed by atoms with van der Waals surface area (Å²) in [5.41, 5.74) is 6.99. The third-order valence-corrected chi connectivity index (χ3v) is 3.77. The van der Waals surface area contributed by atoms with E-state index < -0.39 is 0 Å². The van der Waals surface area contributed by atoms with Crippen LogP contribution in [-0.2, 0) is 0 Å². The van der Waals surface area contributed by atoms with Gasteiger partial charge in [-0.25, -0.2) is 0 Å². The quantitative estimate of drug-likeness (QED) is 0.905. The van der Waals surface area contributed by atoms with Crippen LogP contribution in [-0.4, -0.2) is 7.11 Å². The molecule has 0 bridgehead atoms. The van der Waals surface area contributed by atoms with Gasteiger partial charge in [0.1, 0.15) is 5.75 Å². The average molecular weight is 259 g/mol. The van der Waals surface area contributed by atoms with Crippen molar-refractivity contribution in [3.8, 4) is 5.75 Å². The van der Waals surface area contributed by atoms with Crippen LogP contribution in [0.5, 0.6) is 5.75 Å².